The molecule has 4 aliphatic carbocycles. The number of benzene rings is 2. The van der Waals surface area contributed by atoms with Crippen molar-refractivity contribution in [1.29, 1.82) is 0 Å². The molecule has 0 atom stereocenters. The highest BCUT2D eigenvalue weighted by Gasteiger charge is 2.53. The van der Waals surface area contributed by atoms with Crippen LogP contribution in [0, 0.1) is 17.8 Å². The number of H-pyrrole nitrogens is 1. The number of phenols is 1. The van der Waals surface area contributed by atoms with Crippen molar-refractivity contribution in [3.63, 3.8) is 0 Å². The minimum atomic E-state index is 0.341. The molecular formula is C25H27NO. The molecule has 1 heterocycles. The van der Waals surface area contributed by atoms with Crippen LogP contribution in [0.3, 0.4) is 0 Å². The Morgan fingerprint density at radius 2 is 1.48 bits per heavy atom. The van der Waals surface area contributed by atoms with Crippen LogP contribution in [-0.4, -0.2) is 10.1 Å². The van der Waals surface area contributed by atoms with Crippen molar-refractivity contribution in [1.82, 2.24) is 4.98 Å². The van der Waals surface area contributed by atoms with E-state index in [4.69, 9.17) is 0 Å². The summed E-state index contributed by atoms with van der Waals surface area (Å²) >= 11 is 0. The van der Waals surface area contributed by atoms with Gasteiger partial charge in [0.15, 0.2) is 0 Å². The molecule has 2 nitrogen and oxygen atoms in total. The third-order valence-corrected chi connectivity index (χ3v) is 7.74. The summed E-state index contributed by atoms with van der Waals surface area (Å²) in [5.74, 6) is 3.21. The summed E-state index contributed by atoms with van der Waals surface area (Å²) in [5.41, 5.74) is 5.55. The number of phenolic OH excluding ortho intramolecular Hbond substituents is 1. The summed E-state index contributed by atoms with van der Waals surface area (Å²) in [6.07, 6.45) is 9.30. The molecule has 4 aliphatic rings. The Morgan fingerprint density at radius 3 is 2.19 bits per heavy atom. The fourth-order valence-corrected chi connectivity index (χ4v) is 7.10. The van der Waals surface area contributed by atoms with Crippen LogP contribution in [0.4, 0.5) is 0 Å². The van der Waals surface area contributed by atoms with Crippen LogP contribution in [0.25, 0.3) is 10.9 Å². The van der Waals surface area contributed by atoms with Gasteiger partial charge in [-0.1, -0.05) is 36.4 Å². The Morgan fingerprint density at radius 1 is 0.852 bits per heavy atom. The van der Waals surface area contributed by atoms with Crippen LogP contribution in [0.1, 0.15) is 55.3 Å². The van der Waals surface area contributed by atoms with Gasteiger partial charge in [-0.3, -0.25) is 0 Å². The molecule has 2 aromatic carbocycles. The van der Waals surface area contributed by atoms with Crippen molar-refractivity contribution in [2.24, 2.45) is 17.8 Å². The van der Waals surface area contributed by atoms with Gasteiger partial charge in [0.25, 0.3) is 0 Å². The first-order valence-corrected chi connectivity index (χ1v) is 10.6. The van der Waals surface area contributed by atoms with Crippen molar-refractivity contribution in [2.45, 2.75) is 50.4 Å². The summed E-state index contributed by atoms with van der Waals surface area (Å²) in [5, 5.41) is 11.7. The largest absolute Gasteiger partial charge is 0.508 e. The summed E-state index contributed by atoms with van der Waals surface area (Å²) in [4.78, 5) is 3.88. The zero-order valence-electron chi connectivity index (χ0n) is 15.7. The SMILES string of the molecule is Oc1ccccc1Cc1c(C23CC4CC(CC(C4)C2)C3)[nH]c2ccccc12. The Balaban J connectivity index is 1.52. The van der Waals surface area contributed by atoms with E-state index in [0.29, 0.717) is 11.2 Å². The van der Waals surface area contributed by atoms with Crippen molar-refractivity contribution >= 4 is 10.9 Å². The number of aromatic nitrogens is 1. The van der Waals surface area contributed by atoms with Gasteiger partial charge < -0.3 is 10.1 Å². The van der Waals surface area contributed by atoms with Gasteiger partial charge in [0, 0.05) is 28.4 Å². The topological polar surface area (TPSA) is 36.0 Å². The lowest BCUT2D eigenvalue weighted by Crippen LogP contribution is -2.49. The van der Waals surface area contributed by atoms with Gasteiger partial charge in [0.2, 0.25) is 0 Å². The zero-order chi connectivity index (χ0) is 18.0. The van der Waals surface area contributed by atoms with Gasteiger partial charge in [-0.05, 0) is 79.5 Å². The predicted octanol–water partition coefficient (Wildman–Crippen LogP) is 5.93. The second kappa shape index (κ2) is 5.64. The molecule has 27 heavy (non-hydrogen) atoms. The van der Waals surface area contributed by atoms with E-state index in [1.807, 2.05) is 18.2 Å². The number of hydrogen-bond donors (Lipinski definition) is 2. The number of nitrogens with one attached hydrogen (secondary N) is 1. The third kappa shape index (κ3) is 2.38. The minimum absolute atomic E-state index is 0.341. The number of para-hydroxylation sites is 2. The molecule has 1 aromatic heterocycles. The first kappa shape index (κ1) is 15.8. The van der Waals surface area contributed by atoms with E-state index in [0.717, 1.165) is 29.7 Å². The third-order valence-electron chi connectivity index (χ3n) is 7.74. The minimum Gasteiger partial charge on any atom is -0.508 e. The van der Waals surface area contributed by atoms with Crippen LogP contribution in [0.2, 0.25) is 0 Å². The molecule has 138 valence electrons. The normalized spacial score (nSPS) is 31.6. The first-order chi connectivity index (χ1) is 13.2. The Labute approximate surface area is 160 Å². The van der Waals surface area contributed by atoms with Crippen LogP contribution in [0.5, 0.6) is 5.75 Å². The highest BCUT2D eigenvalue weighted by Crippen LogP contribution is 2.61. The Hall–Kier alpha value is -2.22. The zero-order valence-corrected chi connectivity index (χ0v) is 15.7. The van der Waals surface area contributed by atoms with E-state index < -0.39 is 0 Å². The van der Waals surface area contributed by atoms with E-state index >= 15 is 0 Å². The summed E-state index contributed by atoms with van der Waals surface area (Å²) in [6.45, 7) is 0. The highest BCUT2D eigenvalue weighted by atomic mass is 16.3. The van der Waals surface area contributed by atoms with E-state index in [1.54, 1.807) is 0 Å². The maximum Gasteiger partial charge on any atom is 0.119 e. The maximum absolute atomic E-state index is 10.4. The van der Waals surface area contributed by atoms with Crippen molar-refractivity contribution < 1.29 is 5.11 Å². The molecule has 3 aromatic rings. The summed E-state index contributed by atoms with van der Waals surface area (Å²) in [6, 6.07) is 16.6. The number of aromatic hydroxyl groups is 1. The van der Waals surface area contributed by atoms with Gasteiger partial charge in [0.1, 0.15) is 5.75 Å². The molecule has 4 fully saturated rings. The standard InChI is InChI=1S/C25H27NO/c27-23-8-4-1-5-19(23)12-21-20-6-2-3-7-22(20)26-24(21)25-13-16-9-17(14-25)11-18(10-16)15-25/h1-8,16-18,26-27H,9-15H2. The lowest BCUT2D eigenvalue weighted by atomic mass is 9.48. The second-order valence-corrected chi connectivity index (χ2v) is 9.53. The molecule has 0 unspecified atom stereocenters. The van der Waals surface area contributed by atoms with Crippen LogP contribution in [0.15, 0.2) is 48.5 Å². The van der Waals surface area contributed by atoms with Gasteiger partial charge in [-0.2, -0.15) is 0 Å². The van der Waals surface area contributed by atoms with Crippen molar-refractivity contribution in [3.8, 4) is 5.75 Å². The molecule has 0 spiro atoms. The molecule has 7 rings (SSSR count). The Bertz CT molecular complexity index is 979. The number of aromatic amines is 1. The molecule has 4 bridgehead atoms. The summed E-state index contributed by atoms with van der Waals surface area (Å²) in [7, 11) is 0. The quantitative estimate of drug-likeness (QED) is 0.598. The maximum atomic E-state index is 10.4. The second-order valence-electron chi connectivity index (χ2n) is 9.53. The van der Waals surface area contributed by atoms with E-state index in [1.165, 1.54) is 60.7 Å². The molecule has 0 aliphatic heterocycles. The summed E-state index contributed by atoms with van der Waals surface area (Å²) < 4.78 is 0. The number of hydrogen-bond acceptors (Lipinski definition) is 1. The number of rotatable bonds is 3. The fourth-order valence-electron chi connectivity index (χ4n) is 7.10. The van der Waals surface area contributed by atoms with Gasteiger partial charge in [-0.25, -0.2) is 0 Å². The number of fused-ring (bicyclic) bond motifs is 1. The van der Waals surface area contributed by atoms with Gasteiger partial charge in [0.05, 0.1) is 0 Å². The average Bonchev–Trinajstić information content (AvgIpc) is 3.02. The molecule has 2 N–H and O–H groups in total. The smallest absolute Gasteiger partial charge is 0.119 e. The molecule has 0 radical (unpaired) electrons. The molecular weight excluding hydrogens is 330 g/mol. The first-order valence-electron chi connectivity index (χ1n) is 10.6. The highest BCUT2D eigenvalue weighted by molar-refractivity contribution is 5.85. The molecule has 4 saturated carbocycles. The van der Waals surface area contributed by atoms with Crippen LogP contribution in [-0.2, 0) is 11.8 Å². The Kier molecular flexibility index (Phi) is 3.30. The molecule has 0 amide bonds. The molecule has 2 heteroatoms. The van der Waals surface area contributed by atoms with Crippen LogP contribution >= 0.6 is 0 Å². The van der Waals surface area contributed by atoms with Crippen molar-refractivity contribution in [2.75, 3.05) is 0 Å². The lowest BCUT2D eigenvalue weighted by molar-refractivity contribution is -0.00722. The van der Waals surface area contributed by atoms with Gasteiger partial charge in [-0.15, -0.1) is 0 Å². The van der Waals surface area contributed by atoms with Crippen LogP contribution < -0.4 is 0 Å². The van der Waals surface area contributed by atoms with Crippen molar-refractivity contribution in [3.05, 3.63) is 65.4 Å². The van der Waals surface area contributed by atoms with E-state index in [2.05, 4.69) is 35.3 Å². The van der Waals surface area contributed by atoms with Gasteiger partial charge >= 0.3 is 0 Å². The fraction of sp³-hybridized carbons (Fsp3) is 0.440. The monoisotopic (exact) mass is 357 g/mol. The van der Waals surface area contributed by atoms with E-state index in [9.17, 15) is 5.11 Å². The average molecular weight is 357 g/mol. The lowest BCUT2D eigenvalue weighted by Gasteiger charge is -2.57. The molecule has 0 saturated heterocycles. The van der Waals surface area contributed by atoms with E-state index in [-0.39, 0.29) is 0 Å². The predicted molar refractivity (Wildman–Crippen MR) is 109 cm³/mol.